The predicted molar refractivity (Wildman–Crippen MR) is 75.8 cm³/mol. The molecule has 1 aromatic carbocycles. The van der Waals surface area contributed by atoms with Crippen molar-refractivity contribution in [3.05, 3.63) is 29.8 Å². The van der Waals surface area contributed by atoms with Gasteiger partial charge >= 0.3 is 0 Å². The van der Waals surface area contributed by atoms with Crippen LogP contribution in [0.15, 0.2) is 24.3 Å². The van der Waals surface area contributed by atoms with E-state index in [1.807, 2.05) is 31.2 Å². The van der Waals surface area contributed by atoms with Crippen LogP contribution in [0.1, 0.15) is 31.7 Å². The van der Waals surface area contributed by atoms with Crippen LogP contribution in [0.2, 0.25) is 0 Å². The van der Waals surface area contributed by atoms with E-state index in [0.717, 1.165) is 17.7 Å². The molecule has 0 amide bonds. The second-order valence-electron chi connectivity index (χ2n) is 5.20. The molecular formula is C16H22O4. The number of carbonyl (C=O) groups is 1. The second kappa shape index (κ2) is 7.41. The standard InChI is InChI=1S/C16H22O4/c1-12-9-14(17)10-16(20-12)7-8-19-11-13-3-5-15(18-2)6-4-13/h3-6,12,16H,7-11H2,1-2H3/t12-,16+/m1/s1. The molecule has 1 saturated heterocycles. The van der Waals surface area contributed by atoms with E-state index < -0.39 is 0 Å². The Morgan fingerprint density at radius 2 is 2.00 bits per heavy atom. The van der Waals surface area contributed by atoms with Crippen molar-refractivity contribution < 1.29 is 19.0 Å². The molecule has 0 bridgehead atoms. The third-order valence-corrected chi connectivity index (χ3v) is 3.41. The molecule has 1 fully saturated rings. The quantitative estimate of drug-likeness (QED) is 0.751. The van der Waals surface area contributed by atoms with Gasteiger partial charge in [0.15, 0.2) is 0 Å². The van der Waals surface area contributed by atoms with Gasteiger partial charge in [-0.15, -0.1) is 0 Å². The van der Waals surface area contributed by atoms with Gasteiger partial charge in [0.2, 0.25) is 0 Å². The smallest absolute Gasteiger partial charge is 0.138 e. The Morgan fingerprint density at radius 1 is 1.25 bits per heavy atom. The van der Waals surface area contributed by atoms with Crippen molar-refractivity contribution in [2.75, 3.05) is 13.7 Å². The van der Waals surface area contributed by atoms with Gasteiger partial charge in [-0.2, -0.15) is 0 Å². The predicted octanol–water partition coefficient (Wildman–Crippen LogP) is 2.74. The highest BCUT2D eigenvalue weighted by Gasteiger charge is 2.24. The third kappa shape index (κ3) is 4.62. The van der Waals surface area contributed by atoms with Gasteiger partial charge in [-0.1, -0.05) is 12.1 Å². The first-order valence-electron chi connectivity index (χ1n) is 7.05. The molecule has 0 unspecified atom stereocenters. The van der Waals surface area contributed by atoms with Crippen LogP contribution in [0.3, 0.4) is 0 Å². The Kier molecular flexibility index (Phi) is 5.56. The normalized spacial score (nSPS) is 22.8. The number of ether oxygens (including phenoxy) is 3. The molecular weight excluding hydrogens is 256 g/mol. The lowest BCUT2D eigenvalue weighted by molar-refractivity contribution is -0.135. The number of Topliss-reactive ketones (excluding diaryl/α,β-unsaturated/α-hetero) is 1. The fourth-order valence-corrected chi connectivity index (χ4v) is 2.38. The van der Waals surface area contributed by atoms with Gasteiger partial charge in [0.1, 0.15) is 11.5 Å². The van der Waals surface area contributed by atoms with Crippen molar-refractivity contribution in [1.82, 2.24) is 0 Å². The average molecular weight is 278 g/mol. The van der Waals surface area contributed by atoms with Crippen molar-refractivity contribution in [2.24, 2.45) is 0 Å². The van der Waals surface area contributed by atoms with Crippen molar-refractivity contribution in [2.45, 2.75) is 45.0 Å². The average Bonchev–Trinajstić information content (AvgIpc) is 2.43. The van der Waals surface area contributed by atoms with E-state index in [4.69, 9.17) is 14.2 Å². The highest BCUT2D eigenvalue weighted by Crippen LogP contribution is 2.18. The van der Waals surface area contributed by atoms with E-state index in [0.29, 0.717) is 31.8 Å². The van der Waals surface area contributed by atoms with Crippen LogP contribution in [0, 0.1) is 0 Å². The van der Waals surface area contributed by atoms with E-state index in [-0.39, 0.29) is 12.2 Å². The van der Waals surface area contributed by atoms with E-state index in [1.54, 1.807) is 7.11 Å². The van der Waals surface area contributed by atoms with E-state index in [9.17, 15) is 4.79 Å². The summed E-state index contributed by atoms with van der Waals surface area (Å²) in [5, 5.41) is 0. The summed E-state index contributed by atoms with van der Waals surface area (Å²) in [6.07, 6.45) is 1.90. The first-order valence-corrected chi connectivity index (χ1v) is 7.05. The number of hydrogen-bond donors (Lipinski definition) is 0. The topological polar surface area (TPSA) is 44.8 Å². The van der Waals surface area contributed by atoms with Gasteiger partial charge < -0.3 is 14.2 Å². The van der Waals surface area contributed by atoms with Gasteiger partial charge in [-0.05, 0) is 31.0 Å². The lowest BCUT2D eigenvalue weighted by Crippen LogP contribution is -2.32. The molecule has 20 heavy (non-hydrogen) atoms. The highest BCUT2D eigenvalue weighted by molar-refractivity contribution is 5.79. The van der Waals surface area contributed by atoms with E-state index in [1.165, 1.54) is 0 Å². The molecule has 0 saturated carbocycles. The minimum atomic E-state index is 0.0158. The molecule has 0 aromatic heterocycles. The van der Waals surface area contributed by atoms with E-state index >= 15 is 0 Å². The first kappa shape index (κ1) is 15.0. The maximum absolute atomic E-state index is 11.5. The Morgan fingerprint density at radius 3 is 2.65 bits per heavy atom. The number of rotatable bonds is 6. The summed E-state index contributed by atoms with van der Waals surface area (Å²) in [6.45, 7) is 3.12. The van der Waals surface area contributed by atoms with Crippen LogP contribution >= 0.6 is 0 Å². The molecule has 1 aromatic rings. The van der Waals surface area contributed by atoms with Crippen molar-refractivity contribution >= 4 is 5.78 Å². The monoisotopic (exact) mass is 278 g/mol. The van der Waals surface area contributed by atoms with Crippen LogP contribution in [0.25, 0.3) is 0 Å². The maximum atomic E-state index is 11.5. The minimum Gasteiger partial charge on any atom is -0.497 e. The fourth-order valence-electron chi connectivity index (χ4n) is 2.38. The first-order chi connectivity index (χ1) is 9.67. The Hall–Kier alpha value is -1.39. The molecule has 0 N–H and O–H groups in total. The zero-order valence-corrected chi connectivity index (χ0v) is 12.1. The number of methoxy groups -OCH3 is 1. The summed E-state index contributed by atoms with van der Waals surface area (Å²) in [6, 6.07) is 7.82. The lowest BCUT2D eigenvalue weighted by atomic mass is 10.0. The number of carbonyl (C=O) groups excluding carboxylic acids is 1. The molecule has 0 spiro atoms. The van der Waals surface area contributed by atoms with Crippen LogP contribution in [0.5, 0.6) is 5.75 Å². The molecule has 1 aliphatic rings. The van der Waals surface area contributed by atoms with Crippen LogP contribution < -0.4 is 4.74 Å². The fraction of sp³-hybridized carbons (Fsp3) is 0.562. The maximum Gasteiger partial charge on any atom is 0.138 e. The number of ketones is 1. The van der Waals surface area contributed by atoms with E-state index in [2.05, 4.69) is 0 Å². The van der Waals surface area contributed by atoms with Crippen molar-refractivity contribution in [3.63, 3.8) is 0 Å². The van der Waals surface area contributed by atoms with Gasteiger partial charge in [0.05, 0.1) is 25.9 Å². The zero-order valence-electron chi connectivity index (χ0n) is 12.1. The Labute approximate surface area is 120 Å². The number of hydrogen-bond acceptors (Lipinski definition) is 4. The SMILES string of the molecule is COc1ccc(COCC[C@H]2CC(=O)C[C@@H](C)O2)cc1. The molecule has 2 rings (SSSR count). The summed E-state index contributed by atoms with van der Waals surface area (Å²) in [4.78, 5) is 11.5. The van der Waals surface area contributed by atoms with Crippen LogP contribution in [-0.2, 0) is 20.9 Å². The third-order valence-electron chi connectivity index (χ3n) is 3.41. The van der Waals surface area contributed by atoms with Crippen LogP contribution in [0.4, 0.5) is 0 Å². The van der Waals surface area contributed by atoms with Gasteiger partial charge in [-0.25, -0.2) is 0 Å². The van der Waals surface area contributed by atoms with Crippen LogP contribution in [-0.4, -0.2) is 31.7 Å². The van der Waals surface area contributed by atoms with Gasteiger partial charge in [-0.3, -0.25) is 4.79 Å². The molecule has 1 heterocycles. The summed E-state index contributed by atoms with van der Waals surface area (Å²) in [5.41, 5.74) is 1.11. The molecule has 4 heteroatoms. The van der Waals surface area contributed by atoms with Gasteiger partial charge in [0, 0.05) is 19.4 Å². The molecule has 1 aliphatic heterocycles. The second-order valence-corrected chi connectivity index (χ2v) is 5.20. The molecule has 0 aliphatic carbocycles. The molecule has 110 valence electrons. The molecule has 2 atom stereocenters. The minimum absolute atomic E-state index is 0.0158. The molecule has 4 nitrogen and oxygen atoms in total. The largest absolute Gasteiger partial charge is 0.497 e. The summed E-state index contributed by atoms with van der Waals surface area (Å²) in [7, 11) is 1.65. The highest BCUT2D eigenvalue weighted by atomic mass is 16.5. The zero-order chi connectivity index (χ0) is 14.4. The van der Waals surface area contributed by atoms with Crippen molar-refractivity contribution in [1.29, 1.82) is 0 Å². The number of benzene rings is 1. The Bertz CT molecular complexity index is 427. The summed E-state index contributed by atoms with van der Waals surface area (Å²) < 4.78 is 16.5. The summed E-state index contributed by atoms with van der Waals surface area (Å²) >= 11 is 0. The van der Waals surface area contributed by atoms with Gasteiger partial charge in [0.25, 0.3) is 0 Å². The Balaban J connectivity index is 1.66. The summed E-state index contributed by atoms with van der Waals surface area (Å²) in [5.74, 6) is 1.14. The molecule has 0 radical (unpaired) electrons. The van der Waals surface area contributed by atoms with Crippen molar-refractivity contribution in [3.8, 4) is 5.75 Å². The lowest BCUT2D eigenvalue weighted by Gasteiger charge is -2.26.